The Morgan fingerprint density at radius 1 is 1.22 bits per heavy atom. The molecule has 5 nitrogen and oxygen atoms in total. The van der Waals surface area contributed by atoms with Crippen LogP contribution in [-0.2, 0) is 6.54 Å². The topological polar surface area (TPSA) is 56.8 Å². The van der Waals surface area contributed by atoms with Gasteiger partial charge < -0.3 is 10.2 Å². The van der Waals surface area contributed by atoms with Crippen molar-refractivity contribution in [2.75, 3.05) is 18.0 Å². The Kier molecular flexibility index (Phi) is 5.67. The second-order valence-corrected chi connectivity index (χ2v) is 7.01. The third-order valence-corrected chi connectivity index (χ3v) is 5.04. The van der Waals surface area contributed by atoms with Crippen molar-refractivity contribution in [1.29, 1.82) is 0 Å². The zero-order valence-electron chi connectivity index (χ0n) is 13.6. The lowest BCUT2D eigenvalue weighted by Crippen LogP contribution is -2.25. The summed E-state index contributed by atoms with van der Waals surface area (Å²) in [6, 6.07) is 4.53. The standard InChI is InChI=1S/C17H24BrN5/c1-13(17-15(18)12-21-22-17)19-10-14-6-7-16(20-11-14)23-8-4-2-3-5-9-23/h6-7,11-13,19H,2-5,8-10H2,1H3,(H,21,22). The quantitative estimate of drug-likeness (QED) is 0.831. The molecule has 2 N–H and O–H groups in total. The van der Waals surface area contributed by atoms with Crippen LogP contribution in [0.1, 0.15) is 49.9 Å². The molecule has 0 spiro atoms. The van der Waals surface area contributed by atoms with E-state index in [4.69, 9.17) is 0 Å². The van der Waals surface area contributed by atoms with Crippen molar-refractivity contribution in [2.24, 2.45) is 0 Å². The minimum Gasteiger partial charge on any atom is -0.357 e. The number of nitrogens with one attached hydrogen (secondary N) is 2. The van der Waals surface area contributed by atoms with Crippen molar-refractivity contribution in [3.05, 3.63) is 40.3 Å². The average Bonchev–Trinajstić information content (AvgIpc) is 2.84. The van der Waals surface area contributed by atoms with Crippen LogP contribution in [0.25, 0.3) is 0 Å². The van der Waals surface area contributed by atoms with E-state index in [1.807, 2.05) is 6.20 Å². The van der Waals surface area contributed by atoms with Gasteiger partial charge in [0, 0.05) is 31.9 Å². The van der Waals surface area contributed by atoms with Crippen LogP contribution in [0.4, 0.5) is 5.82 Å². The monoisotopic (exact) mass is 377 g/mol. The molecule has 0 amide bonds. The number of hydrogen-bond donors (Lipinski definition) is 2. The first kappa shape index (κ1) is 16.5. The fourth-order valence-electron chi connectivity index (χ4n) is 2.97. The van der Waals surface area contributed by atoms with E-state index in [-0.39, 0.29) is 6.04 Å². The zero-order chi connectivity index (χ0) is 16.1. The molecule has 3 heterocycles. The highest BCUT2D eigenvalue weighted by Crippen LogP contribution is 2.21. The van der Waals surface area contributed by atoms with Gasteiger partial charge in [0.1, 0.15) is 5.82 Å². The lowest BCUT2D eigenvalue weighted by Gasteiger charge is -2.21. The largest absolute Gasteiger partial charge is 0.357 e. The van der Waals surface area contributed by atoms with Gasteiger partial charge in [-0.05, 0) is 47.3 Å². The van der Waals surface area contributed by atoms with E-state index >= 15 is 0 Å². The Morgan fingerprint density at radius 3 is 2.61 bits per heavy atom. The molecule has 6 heteroatoms. The lowest BCUT2D eigenvalue weighted by molar-refractivity contribution is 0.557. The predicted octanol–water partition coefficient (Wildman–Crippen LogP) is 3.80. The molecule has 1 aliphatic heterocycles. The van der Waals surface area contributed by atoms with Gasteiger partial charge in [0.15, 0.2) is 0 Å². The van der Waals surface area contributed by atoms with Gasteiger partial charge in [-0.2, -0.15) is 5.10 Å². The highest BCUT2D eigenvalue weighted by atomic mass is 79.9. The second-order valence-electron chi connectivity index (χ2n) is 6.16. The van der Waals surface area contributed by atoms with Crippen LogP contribution in [0.3, 0.4) is 0 Å². The number of halogens is 1. The van der Waals surface area contributed by atoms with Crippen molar-refractivity contribution < 1.29 is 0 Å². The third-order valence-electron chi connectivity index (χ3n) is 4.40. The maximum Gasteiger partial charge on any atom is 0.128 e. The summed E-state index contributed by atoms with van der Waals surface area (Å²) in [5, 5.41) is 10.6. The fraction of sp³-hybridized carbons (Fsp3) is 0.529. The molecule has 1 fully saturated rings. The van der Waals surface area contributed by atoms with Crippen LogP contribution in [0.15, 0.2) is 29.0 Å². The first-order valence-corrected chi connectivity index (χ1v) is 9.15. The molecule has 23 heavy (non-hydrogen) atoms. The van der Waals surface area contributed by atoms with E-state index in [2.05, 4.69) is 60.4 Å². The molecule has 124 valence electrons. The van der Waals surface area contributed by atoms with Gasteiger partial charge in [0.2, 0.25) is 0 Å². The summed E-state index contributed by atoms with van der Waals surface area (Å²) in [5.41, 5.74) is 2.27. The summed E-state index contributed by atoms with van der Waals surface area (Å²) in [5.74, 6) is 1.11. The van der Waals surface area contributed by atoms with Gasteiger partial charge in [0.25, 0.3) is 0 Å². The van der Waals surface area contributed by atoms with E-state index in [0.717, 1.165) is 35.6 Å². The Balaban J connectivity index is 1.56. The number of hydrogen-bond acceptors (Lipinski definition) is 4. The fourth-order valence-corrected chi connectivity index (χ4v) is 3.50. The van der Waals surface area contributed by atoms with E-state index in [0.29, 0.717) is 0 Å². The van der Waals surface area contributed by atoms with E-state index in [1.165, 1.54) is 31.2 Å². The Hall–Kier alpha value is -1.40. The molecule has 0 aliphatic carbocycles. The number of pyridine rings is 1. The third kappa shape index (κ3) is 4.32. The zero-order valence-corrected chi connectivity index (χ0v) is 15.1. The Morgan fingerprint density at radius 2 is 2.00 bits per heavy atom. The van der Waals surface area contributed by atoms with Crippen LogP contribution in [0.2, 0.25) is 0 Å². The number of nitrogens with zero attached hydrogens (tertiary/aromatic N) is 3. The highest BCUT2D eigenvalue weighted by Gasteiger charge is 2.12. The van der Waals surface area contributed by atoms with Gasteiger partial charge >= 0.3 is 0 Å². The summed E-state index contributed by atoms with van der Waals surface area (Å²) < 4.78 is 1.01. The van der Waals surface area contributed by atoms with Crippen LogP contribution >= 0.6 is 15.9 Å². The van der Waals surface area contributed by atoms with Gasteiger partial charge in [-0.1, -0.05) is 18.9 Å². The number of aromatic amines is 1. The highest BCUT2D eigenvalue weighted by molar-refractivity contribution is 9.10. The van der Waals surface area contributed by atoms with Crippen molar-refractivity contribution in [2.45, 2.75) is 45.2 Å². The van der Waals surface area contributed by atoms with Crippen LogP contribution < -0.4 is 10.2 Å². The molecule has 1 atom stereocenters. The van der Waals surface area contributed by atoms with Gasteiger partial charge in [-0.15, -0.1) is 0 Å². The summed E-state index contributed by atoms with van der Waals surface area (Å²) in [6.45, 7) is 5.18. The van der Waals surface area contributed by atoms with Gasteiger partial charge in [-0.25, -0.2) is 4.98 Å². The summed E-state index contributed by atoms with van der Waals surface area (Å²) in [4.78, 5) is 7.07. The Bertz CT molecular complexity index is 602. The molecule has 0 bridgehead atoms. The maximum absolute atomic E-state index is 4.66. The molecule has 0 radical (unpaired) electrons. The molecular weight excluding hydrogens is 354 g/mol. The van der Waals surface area contributed by atoms with Crippen molar-refractivity contribution in [1.82, 2.24) is 20.5 Å². The molecule has 0 aromatic carbocycles. The van der Waals surface area contributed by atoms with Crippen LogP contribution in [0.5, 0.6) is 0 Å². The molecule has 0 saturated carbocycles. The predicted molar refractivity (Wildman–Crippen MR) is 96.5 cm³/mol. The number of H-pyrrole nitrogens is 1. The maximum atomic E-state index is 4.66. The smallest absolute Gasteiger partial charge is 0.128 e. The molecular formula is C17H24BrN5. The van der Waals surface area contributed by atoms with Gasteiger partial charge in [0.05, 0.1) is 16.4 Å². The van der Waals surface area contributed by atoms with Crippen LogP contribution in [-0.4, -0.2) is 28.3 Å². The average molecular weight is 378 g/mol. The van der Waals surface area contributed by atoms with E-state index < -0.39 is 0 Å². The normalized spacial score (nSPS) is 17.0. The summed E-state index contributed by atoms with van der Waals surface area (Å²) in [7, 11) is 0. The Labute approximate surface area is 146 Å². The van der Waals surface area contributed by atoms with Crippen molar-refractivity contribution >= 4 is 21.7 Å². The number of aromatic nitrogens is 3. The SMILES string of the molecule is CC(NCc1ccc(N2CCCCCC2)nc1)c1[nH]ncc1Br. The summed E-state index contributed by atoms with van der Waals surface area (Å²) >= 11 is 3.50. The second kappa shape index (κ2) is 7.93. The number of rotatable bonds is 5. The first-order valence-electron chi connectivity index (χ1n) is 8.36. The van der Waals surface area contributed by atoms with Gasteiger partial charge in [-0.3, -0.25) is 5.10 Å². The molecule has 1 aliphatic rings. The molecule has 1 unspecified atom stereocenters. The van der Waals surface area contributed by atoms with E-state index in [9.17, 15) is 0 Å². The number of anilines is 1. The van der Waals surface area contributed by atoms with E-state index in [1.54, 1.807) is 6.20 Å². The molecule has 1 saturated heterocycles. The minimum absolute atomic E-state index is 0.206. The summed E-state index contributed by atoms with van der Waals surface area (Å²) in [6.07, 6.45) is 9.02. The molecule has 3 rings (SSSR count). The molecule has 2 aromatic rings. The van der Waals surface area contributed by atoms with Crippen molar-refractivity contribution in [3.8, 4) is 0 Å². The van der Waals surface area contributed by atoms with Crippen molar-refractivity contribution in [3.63, 3.8) is 0 Å². The molecule has 2 aromatic heterocycles. The minimum atomic E-state index is 0.206. The first-order chi connectivity index (χ1) is 11.2. The van der Waals surface area contributed by atoms with Crippen LogP contribution in [0, 0.1) is 0 Å². The lowest BCUT2D eigenvalue weighted by atomic mass is 10.2.